The molecule has 1 unspecified atom stereocenters. The molecule has 0 aliphatic rings. The average molecular weight is 335 g/mol. The molecule has 1 atom stereocenters. The minimum absolute atomic E-state index is 0.235. The number of nitrogens with zero attached hydrogens (tertiary/aromatic N) is 4. The predicted octanol–water partition coefficient (Wildman–Crippen LogP) is 2.03. The second kappa shape index (κ2) is 7.59. The molecule has 0 saturated carbocycles. The Bertz CT molecular complexity index is 855. The van der Waals surface area contributed by atoms with Gasteiger partial charge in [-0.1, -0.05) is 37.3 Å². The Kier molecular flexibility index (Phi) is 5.06. The molecule has 3 rings (SSSR count). The maximum absolute atomic E-state index is 5.86. The van der Waals surface area contributed by atoms with Gasteiger partial charge in [-0.15, -0.1) is 5.10 Å². The molecule has 0 bridgehead atoms. The van der Waals surface area contributed by atoms with Crippen LogP contribution in [0.2, 0.25) is 0 Å². The predicted molar refractivity (Wildman–Crippen MR) is 98.4 cm³/mol. The van der Waals surface area contributed by atoms with E-state index in [0.29, 0.717) is 5.84 Å². The fraction of sp³-hybridized carbons (Fsp3) is 0.167. The lowest BCUT2D eigenvalue weighted by atomic mass is 10.0. The zero-order valence-electron chi connectivity index (χ0n) is 14.0. The lowest BCUT2D eigenvalue weighted by Crippen LogP contribution is -2.23. The molecule has 0 amide bonds. The van der Waals surface area contributed by atoms with Crippen LogP contribution in [0, 0.1) is 0 Å². The van der Waals surface area contributed by atoms with Crippen molar-refractivity contribution in [2.24, 2.45) is 16.7 Å². The maximum atomic E-state index is 5.86. The number of hydrogen-bond donors (Lipinski definition) is 3. The summed E-state index contributed by atoms with van der Waals surface area (Å²) in [4.78, 5) is 8.89. The summed E-state index contributed by atoms with van der Waals surface area (Å²) in [6.45, 7) is 2.16. The molecule has 0 aliphatic heterocycles. The quantitative estimate of drug-likeness (QED) is 0.276. The molecule has 25 heavy (non-hydrogen) atoms. The summed E-state index contributed by atoms with van der Waals surface area (Å²) in [7, 11) is 0. The van der Waals surface area contributed by atoms with E-state index >= 15 is 0 Å². The number of hydrogen-bond acceptors (Lipinski definition) is 5. The highest BCUT2D eigenvalue weighted by molar-refractivity contribution is 5.97. The third-order valence-corrected chi connectivity index (χ3v) is 4.04. The number of benzene rings is 1. The van der Waals surface area contributed by atoms with E-state index in [4.69, 9.17) is 11.6 Å². The number of hydrazone groups is 1. The number of pyridine rings is 1. The molecule has 0 fully saturated rings. The molecule has 2 heterocycles. The van der Waals surface area contributed by atoms with Crippen molar-refractivity contribution in [3.05, 3.63) is 72.3 Å². The first-order valence-corrected chi connectivity index (χ1v) is 8.07. The van der Waals surface area contributed by atoms with Gasteiger partial charge in [0.05, 0.1) is 18.1 Å². The van der Waals surface area contributed by atoms with Crippen LogP contribution in [0.3, 0.4) is 0 Å². The van der Waals surface area contributed by atoms with Crippen molar-refractivity contribution in [1.82, 2.24) is 20.1 Å². The Labute approximate surface area is 146 Å². The van der Waals surface area contributed by atoms with E-state index < -0.39 is 0 Å². The van der Waals surface area contributed by atoms with Crippen molar-refractivity contribution >= 4 is 5.84 Å². The molecule has 7 heteroatoms. The van der Waals surface area contributed by atoms with Gasteiger partial charge in [-0.3, -0.25) is 4.98 Å². The van der Waals surface area contributed by atoms with E-state index in [1.165, 1.54) is 5.56 Å². The average Bonchev–Trinajstić information content (AvgIpc) is 3.13. The summed E-state index contributed by atoms with van der Waals surface area (Å²) in [6.07, 6.45) is 6.48. The molecule has 3 aromatic rings. The summed E-state index contributed by atoms with van der Waals surface area (Å²) >= 11 is 0. The van der Waals surface area contributed by atoms with Crippen LogP contribution in [0.5, 0.6) is 0 Å². The number of nitrogens with one attached hydrogen (secondary N) is 1. The maximum Gasteiger partial charge on any atom is 0.152 e. The van der Waals surface area contributed by atoms with E-state index in [1.807, 2.05) is 24.7 Å². The topological polar surface area (TPSA) is 107 Å². The van der Waals surface area contributed by atoms with Crippen molar-refractivity contribution in [1.29, 1.82) is 0 Å². The van der Waals surface area contributed by atoms with E-state index in [0.717, 1.165) is 23.4 Å². The Balaban J connectivity index is 1.91. The molecule has 0 spiro atoms. The van der Waals surface area contributed by atoms with Crippen LogP contribution in [0.15, 0.2) is 66.3 Å². The Hall–Kier alpha value is -3.19. The SMILES string of the molecule is CCC(c1ccccc1)n1cnc(-c2cc(/C(N)=N/NN)ccn2)c1. The molecular formula is C18H21N7. The van der Waals surface area contributed by atoms with Gasteiger partial charge in [0.2, 0.25) is 0 Å². The fourth-order valence-electron chi connectivity index (χ4n) is 2.80. The largest absolute Gasteiger partial charge is 0.382 e. The Morgan fingerprint density at radius 1 is 1.20 bits per heavy atom. The highest BCUT2D eigenvalue weighted by Gasteiger charge is 2.13. The number of imidazole rings is 1. The van der Waals surface area contributed by atoms with Crippen molar-refractivity contribution in [2.75, 3.05) is 0 Å². The lowest BCUT2D eigenvalue weighted by molar-refractivity contribution is 0.566. The number of hydrazine groups is 1. The van der Waals surface area contributed by atoms with Gasteiger partial charge in [-0.25, -0.2) is 16.4 Å². The zero-order valence-corrected chi connectivity index (χ0v) is 14.0. The van der Waals surface area contributed by atoms with Gasteiger partial charge < -0.3 is 10.3 Å². The summed E-state index contributed by atoms with van der Waals surface area (Å²) in [5.41, 5.74) is 11.5. The van der Waals surface area contributed by atoms with Gasteiger partial charge in [0.25, 0.3) is 0 Å². The first kappa shape index (κ1) is 16.7. The number of aromatic nitrogens is 3. The highest BCUT2D eigenvalue weighted by atomic mass is 15.5. The van der Waals surface area contributed by atoms with Gasteiger partial charge in [0, 0.05) is 18.0 Å². The molecule has 5 N–H and O–H groups in total. The van der Waals surface area contributed by atoms with Crippen molar-refractivity contribution in [3.63, 3.8) is 0 Å². The van der Waals surface area contributed by atoms with E-state index in [2.05, 4.69) is 56.4 Å². The molecule has 1 aromatic carbocycles. The van der Waals surface area contributed by atoms with Crippen LogP contribution in [-0.2, 0) is 0 Å². The summed E-state index contributed by atoms with van der Waals surface area (Å²) < 4.78 is 2.11. The van der Waals surface area contributed by atoms with Crippen molar-refractivity contribution in [3.8, 4) is 11.4 Å². The van der Waals surface area contributed by atoms with Crippen molar-refractivity contribution < 1.29 is 0 Å². The normalized spacial score (nSPS) is 12.8. The van der Waals surface area contributed by atoms with E-state index in [1.54, 1.807) is 12.3 Å². The Morgan fingerprint density at radius 2 is 2.00 bits per heavy atom. The molecule has 7 nitrogen and oxygen atoms in total. The molecule has 0 radical (unpaired) electrons. The van der Waals surface area contributed by atoms with Gasteiger partial charge in [-0.2, -0.15) is 0 Å². The van der Waals surface area contributed by atoms with Crippen LogP contribution in [0.4, 0.5) is 0 Å². The number of amidine groups is 1. The second-order valence-corrected chi connectivity index (χ2v) is 5.60. The molecule has 128 valence electrons. The number of nitrogens with two attached hydrogens (primary N) is 2. The summed E-state index contributed by atoms with van der Waals surface area (Å²) in [6, 6.07) is 14.2. The molecular weight excluding hydrogens is 314 g/mol. The number of rotatable bonds is 6. The summed E-state index contributed by atoms with van der Waals surface area (Å²) in [5.74, 6) is 5.47. The zero-order chi connectivity index (χ0) is 17.6. The first-order chi connectivity index (χ1) is 12.2. The monoisotopic (exact) mass is 335 g/mol. The lowest BCUT2D eigenvalue weighted by Gasteiger charge is -2.16. The van der Waals surface area contributed by atoms with Gasteiger partial charge in [-0.05, 0) is 24.1 Å². The van der Waals surface area contributed by atoms with Gasteiger partial charge in [0.15, 0.2) is 5.84 Å². The summed E-state index contributed by atoms with van der Waals surface area (Å²) in [5, 5.41) is 3.78. The fourth-order valence-corrected chi connectivity index (χ4v) is 2.80. The van der Waals surface area contributed by atoms with Crippen LogP contribution < -0.4 is 17.1 Å². The molecule has 0 aliphatic carbocycles. The third-order valence-electron chi connectivity index (χ3n) is 4.04. The van der Waals surface area contributed by atoms with Crippen LogP contribution >= 0.6 is 0 Å². The van der Waals surface area contributed by atoms with E-state index in [9.17, 15) is 0 Å². The molecule has 0 saturated heterocycles. The van der Waals surface area contributed by atoms with Crippen LogP contribution in [0.1, 0.15) is 30.5 Å². The minimum atomic E-state index is 0.235. The standard InChI is InChI=1S/C18H21N7/c1-2-17(13-6-4-3-5-7-13)25-11-16(22-12-25)15-10-14(8-9-21-15)18(19)23-24-20/h3-12,17,24H,2,20H2,1H3,(H2,19,23). The van der Waals surface area contributed by atoms with E-state index in [-0.39, 0.29) is 6.04 Å². The van der Waals surface area contributed by atoms with Crippen molar-refractivity contribution in [2.45, 2.75) is 19.4 Å². The van der Waals surface area contributed by atoms with Crippen LogP contribution in [-0.4, -0.2) is 20.4 Å². The Morgan fingerprint density at radius 3 is 2.72 bits per heavy atom. The minimum Gasteiger partial charge on any atom is -0.382 e. The molecule has 2 aromatic heterocycles. The third kappa shape index (κ3) is 3.67. The highest BCUT2D eigenvalue weighted by Crippen LogP contribution is 2.24. The van der Waals surface area contributed by atoms with Gasteiger partial charge in [0.1, 0.15) is 5.69 Å². The second-order valence-electron chi connectivity index (χ2n) is 5.60. The smallest absolute Gasteiger partial charge is 0.152 e. The van der Waals surface area contributed by atoms with Gasteiger partial charge >= 0.3 is 0 Å². The van der Waals surface area contributed by atoms with Crippen LogP contribution in [0.25, 0.3) is 11.4 Å². The first-order valence-electron chi connectivity index (χ1n) is 8.07.